The minimum absolute atomic E-state index is 0.522. The molecule has 1 N–H and O–H groups in total. The standard InChI is InChI=1S/C17H31N3S/c1-12(2)18-11-15-13(3)19-16(21-15)20(6)14-7-9-17(4,5)10-8-14/h12,14,18H,7-11H2,1-6H3. The second-order valence-corrected chi connectivity index (χ2v) is 8.61. The first-order valence-electron chi connectivity index (χ1n) is 8.21. The first-order valence-corrected chi connectivity index (χ1v) is 9.03. The van der Waals surface area contributed by atoms with Crippen molar-refractivity contribution in [3.63, 3.8) is 0 Å². The number of anilines is 1. The van der Waals surface area contributed by atoms with Crippen LogP contribution in [0.2, 0.25) is 0 Å². The maximum atomic E-state index is 4.80. The van der Waals surface area contributed by atoms with E-state index in [1.807, 2.05) is 11.3 Å². The molecule has 0 amide bonds. The van der Waals surface area contributed by atoms with Gasteiger partial charge in [0.1, 0.15) is 0 Å². The molecule has 0 spiro atoms. The predicted octanol–water partition coefficient (Wildman–Crippen LogP) is 4.35. The molecular formula is C17H31N3S. The van der Waals surface area contributed by atoms with Crippen molar-refractivity contribution in [2.75, 3.05) is 11.9 Å². The average molecular weight is 310 g/mol. The Balaban J connectivity index is 1.99. The lowest BCUT2D eigenvalue weighted by atomic mass is 9.75. The number of hydrogen-bond acceptors (Lipinski definition) is 4. The maximum Gasteiger partial charge on any atom is 0.185 e. The van der Waals surface area contributed by atoms with Crippen molar-refractivity contribution >= 4 is 16.5 Å². The van der Waals surface area contributed by atoms with Crippen molar-refractivity contribution in [3.05, 3.63) is 10.6 Å². The van der Waals surface area contributed by atoms with Crippen LogP contribution in [-0.4, -0.2) is 24.1 Å². The number of aryl methyl sites for hydroxylation is 1. The molecule has 21 heavy (non-hydrogen) atoms. The summed E-state index contributed by atoms with van der Waals surface area (Å²) in [5.74, 6) is 0. The van der Waals surface area contributed by atoms with E-state index < -0.39 is 0 Å². The van der Waals surface area contributed by atoms with E-state index in [9.17, 15) is 0 Å². The molecule has 0 aromatic carbocycles. The summed E-state index contributed by atoms with van der Waals surface area (Å²) in [5.41, 5.74) is 1.72. The molecular weight excluding hydrogens is 278 g/mol. The lowest BCUT2D eigenvalue weighted by molar-refractivity contribution is 0.222. The third kappa shape index (κ3) is 4.43. The molecule has 0 unspecified atom stereocenters. The molecule has 1 aromatic heterocycles. The Labute approximate surface area is 134 Å². The van der Waals surface area contributed by atoms with Gasteiger partial charge in [-0.2, -0.15) is 0 Å². The molecule has 1 saturated carbocycles. The van der Waals surface area contributed by atoms with Gasteiger partial charge in [-0.05, 0) is 38.0 Å². The van der Waals surface area contributed by atoms with Crippen molar-refractivity contribution in [2.24, 2.45) is 5.41 Å². The first-order chi connectivity index (χ1) is 9.78. The monoisotopic (exact) mass is 309 g/mol. The van der Waals surface area contributed by atoms with Gasteiger partial charge in [-0.15, -0.1) is 11.3 Å². The summed E-state index contributed by atoms with van der Waals surface area (Å²) < 4.78 is 0. The Morgan fingerprint density at radius 3 is 2.52 bits per heavy atom. The van der Waals surface area contributed by atoms with E-state index in [0.29, 0.717) is 17.5 Å². The average Bonchev–Trinajstić information content (AvgIpc) is 2.77. The van der Waals surface area contributed by atoms with E-state index >= 15 is 0 Å². The fourth-order valence-electron chi connectivity index (χ4n) is 2.95. The van der Waals surface area contributed by atoms with Crippen molar-refractivity contribution in [2.45, 2.75) is 78.9 Å². The van der Waals surface area contributed by atoms with Gasteiger partial charge in [0.25, 0.3) is 0 Å². The van der Waals surface area contributed by atoms with Gasteiger partial charge in [-0.25, -0.2) is 4.98 Å². The number of hydrogen-bond donors (Lipinski definition) is 1. The largest absolute Gasteiger partial charge is 0.348 e. The van der Waals surface area contributed by atoms with Crippen LogP contribution in [0.15, 0.2) is 0 Å². The van der Waals surface area contributed by atoms with Crippen LogP contribution in [0.5, 0.6) is 0 Å². The summed E-state index contributed by atoms with van der Waals surface area (Å²) >= 11 is 1.86. The van der Waals surface area contributed by atoms with Crippen molar-refractivity contribution in [1.29, 1.82) is 0 Å². The Hall–Kier alpha value is -0.610. The predicted molar refractivity (Wildman–Crippen MR) is 93.3 cm³/mol. The minimum Gasteiger partial charge on any atom is -0.348 e. The first kappa shape index (κ1) is 16.8. The molecule has 120 valence electrons. The summed E-state index contributed by atoms with van der Waals surface area (Å²) in [6.07, 6.45) is 5.24. The van der Waals surface area contributed by atoms with Gasteiger partial charge in [0.15, 0.2) is 5.13 Å². The number of aromatic nitrogens is 1. The van der Waals surface area contributed by atoms with Gasteiger partial charge < -0.3 is 10.2 Å². The zero-order valence-corrected chi connectivity index (χ0v) is 15.3. The highest BCUT2D eigenvalue weighted by Gasteiger charge is 2.29. The van der Waals surface area contributed by atoms with Crippen LogP contribution in [0.4, 0.5) is 5.13 Å². The summed E-state index contributed by atoms with van der Waals surface area (Å²) in [6.45, 7) is 12.2. The van der Waals surface area contributed by atoms with Gasteiger partial charge in [0, 0.05) is 30.6 Å². The highest BCUT2D eigenvalue weighted by molar-refractivity contribution is 7.15. The van der Waals surface area contributed by atoms with E-state index in [0.717, 1.165) is 6.54 Å². The molecule has 0 saturated heterocycles. The van der Waals surface area contributed by atoms with Crippen LogP contribution in [0, 0.1) is 12.3 Å². The van der Waals surface area contributed by atoms with Crippen molar-refractivity contribution in [3.8, 4) is 0 Å². The lowest BCUT2D eigenvalue weighted by Gasteiger charge is -2.38. The third-order valence-corrected chi connectivity index (χ3v) is 5.96. The number of thiazole rings is 1. The molecule has 0 radical (unpaired) electrons. The highest BCUT2D eigenvalue weighted by Crippen LogP contribution is 2.38. The molecule has 1 aromatic rings. The molecule has 0 aliphatic heterocycles. The molecule has 1 fully saturated rings. The Bertz CT molecular complexity index is 455. The zero-order chi connectivity index (χ0) is 15.6. The fourth-order valence-corrected chi connectivity index (χ4v) is 4.00. The van der Waals surface area contributed by atoms with Crippen LogP contribution in [0.25, 0.3) is 0 Å². The smallest absolute Gasteiger partial charge is 0.185 e. The van der Waals surface area contributed by atoms with Crippen LogP contribution in [0.1, 0.15) is 63.9 Å². The van der Waals surface area contributed by atoms with E-state index in [1.165, 1.54) is 41.4 Å². The molecule has 2 rings (SSSR count). The number of nitrogens with zero attached hydrogens (tertiary/aromatic N) is 2. The van der Waals surface area contributed by atoms with E-state index in [2.05, 4.69) is 51.9 Å². The lowest BCUT2D eigenvalue weighted by Crippen LogP contribution is -2.37. The van der Waals surface area contributed by atoms with Crippen LogP contribution >= 0.6 is 11.3 Å². The normalized spacial score (nSPS) is 19.2. The zero-order valence-electron chi connectivity index (χ0n) is 14.5. The second-order valence-electron chi connectivity index (χ2n) is 7.55. The molecule has 0 bridgehead atoms. The van der Waals surface area contributed by atoms with E-state index in [1.54, 1.807) is 0 Å². The molecule has 4 heteroatoms. The van der Waals surface area contributed by atoms with Crippen LogP contribution in [0.3, 0.4) is 0 Å². The topological polar surface area (TPSA) is 28.2 Å². The van der Waals surface area contributed by atoms with E-state index in [-0.39, 0.29) is 0 Å². The second kappa shape index (κ2) is 6.66. The van der Waals surface area contributed by atoms with Crippen molar-refractivity contribution in [1.82, 2.24) is 10.3 Å². The van der Waals surface area contributed by atoms with Crippen molar-refractivity contribution < 1.29 is 0 Å². The molecule has 1 aliphatic rings. The van der Waals surface area contributed by atoms with Crippen LogP contribution < -0.4 is 10.2 Å². The van der Waals surface area contributed by atoms with E-state index in [4.69, 9.17) is 4.98 Å². The summed E-state index contributed by atoms with van der Waals surface area (Å²) in [6, 6.07) is 1.18. The molecule has 1 heterocycles. The van der Waals surface area contributed by atoms with Gasteiger partial charge in [0.2, 0.25) is 0 Å². The highest BCUT2D eigenvalue weighted by atomic mass is 32.1. The van der Waals surface area contributed by atoms with Gasteiger partial charge in [-0.1, -0.05) is 27.7 Å². The summed E-state index contributed by atoms with van der Waals surface area (Å²) in [5, 5.41) is 4.69. The third-order valence-electron chi connectivity index (χ3n) is 4.71. The summed E-state index contributed by atoms with van der Waals surface area (Å²) in [4.78, 5) is 8.60. The van der Waals surface area contributed by atoms with Crippen LogP contribution in [-0.2, 0) is 6.54 Å². The minimum atomic E-state index is 0.522. The van der Waals surface area contributed by atoms with Gasteiger partial charge >= 0.3 is 0 Å². The maximum absolute atomic E-state index is 4.80. The number of rotatable bonds is 5. The number of nitrogens with one attached hydrogen (secondary N) is 1. The Morgan fingerprint density at radius 1 is 1.33 bits per heavy atom. The van der Waals surface area contributed by atoms with Gasteiger partial charge in [-0.3, -0.25) is 0 Å². The Morgan fingerprint density at radius 2 is 1.95 bits per heavy atom. The fraction of sp³-hybridized carbons (Fsp3) is 0.824. The SMILES string of the molecule is Cc1nc(N(C)C2CCC(C)(C)CC2)sc1CNC(C)C. The summed E-state index contributed by atoms with van der Waals surface area (Å²) in [7, 11) is 2.22. The van der Waals surface area contributed by atoms with Gasteiger partial charge in [0.05, 0.1) is 5.69 Å². The Kier molecular flexibility index (Phi) is 5.31. The molecule has 3 nitrogen and oxygen atoms in total. The molecule has 0 atom stereocenters. The molecule has 1 aliphatic carbocycles. The quantitative estimate of drug-likeness (QED) is 0.876.